The molecule has 0 saturated heterocycles. The maximum absolute atomic E-state index is 10.8. The molecular weight excluding hydrogens is 248 g/mol. The van der Waals surface area contributed by atoms with Crippen LogP contribution in [-0.2, 0) is 7.05 Å². The van der Waals surface area contributed by atoms with Gasteiger partial charge in [-0.05, 0) is 23.9 Å². The number of nitrogens with zero attached hydrogens (tertiary/aromatic N) is 5. The van der Waals surface area contributed by atoms with Gasteiger partial charge in [-0.2, -0.15) is 0 Å². The van der Waals surface area contributed by atoms with Gasteiger partial charge in [0.1, 0.15) is 6.20 Å². The van der Waals surface area contributed by atoms with Crippen LogP contribution in [0.3, 0.4) is 0 Å². The Balaban J connectivity index is 2.56. The van der Waals surface area contributed by atoms with Crippen molar-refractivity contribution >= 4 is 23.9 Å². The van der Waals surface area contributed by atoms with Crippen molar-refractivity contribution in [3.05, 3.63) is 39.6 Å². The molecule has 8 heteroatoms. The number of nitrogen functional groups attached to an aromatic ring is 1. The molecule has 0 bridgehead atoms. The molecule has 0 spiro atoms. The van der Waals surface area contributed by atoms with Crippen LogP contribution in [0.1, 0.15) is 24.1 Å². The Morgan fingerprint density at radius 2 is 2.47 bits per heavy atom. The van der Waals surface area contributed by atoms with Gasteiger partial charge in [-0.1, -0.05) is 0 Å². The number of nitro groups is 1. The molecule has 0 radical (unpaired) electrons. The van der Waals surface area contributed by atoms with Gasteiger partial charge in [0.25, 0.3) is 0 Å². The zero-order chi connectivity index (χ0) is 18.2. The van der Waals surface area contributed by atoms with Crippen LogP contribution in [0.2, 0.25) is 0 Å². The standard InChI is InChI=1S/C11H12N6O2/c1-7-5-8(15-11(12)14-7)3-4-9-13-6-10(16(9)2)17(18)19/h3-6H,1-2H3,(H2,12,14,15)/b4-3+/i1D3,3D,5D. The number of hydrogen-bond acceptors (Lipinski definition) is 6. The van der Waals surface area contributed by atoms with Crippen molar-refractivity contribution in [2.45, 2.75) is 6.85 Å². The van der Waals surface area contributed by atoms with Crippen LogP contribution in [0.4, 0.5) is 11.8 Å². The maximum Gasteiger partial charge on any atom is 0.342 e. The average Bonchev–Trinajstić information content (AvgIpc) is 2.81. The molecule has 2 N–H and O–H groups in total. The fourth-order valence-electron chi connectivity index (χ4n) is 1.34. The van der Waals surface area contributed by atoms with Gasteiger partial charge in [0.15, 0.2) is 0 Å². The first kappa shape index (κ1) is 7.62. The second kappa shape index (κ2) is 4.84. The third-order valence-corrected chi connectivity index (χ3v) is 2.21. The highest BCUT2D eigenvalue weighted by Crippen LogP contribution is 2.14. The highest BCUT2D eigenvalue weighted by atomic mass is 16.6. The lowest BCUT2D eigenvalue weighted by Crippen LogP contribution is -1.99. The van der Waals surface area contributed by atoms with Crippen molar-refractivity contribution in [2.75, 3.05) is 5.73 Å². The lowest BCUT2D eigenvalue weighted by atomic mass is 10.3. The van der Waals surface area contributed by atoms with Crippen LogP contribution >= 0.6 is 0 Å². The van der Waals surface area contributed by atoms with Gasteiger partial charge in [0.05, 0.1) is 15.5 Å². The van der Waals surface area contributed by atoms with E-state index in [9.17, 15) is 10.1 Å². The molecule has 19 heavy (non-hydrogen) atoms. The van der Waals surface area contributed by atoms with Gasteiger partial charge in [0.2, 0.25) is 11.8 Å². The topological polar surface area (TPSA) is 113 Å². The normalized spacial score (nSPS) is 16.1. The van der Waals surface area contributed by atoms with E-state index in [1.807, 2.05) is 0 Å². The number of imidazole rings is 1. The van der Waals surface area contributed by atoms with E-state index in [1.54, 1.807) is 0 Å². The van der Waals surface area contributed by atoms with Gasteiger partial charge in [-0.25, -0.2) is 19.5 Å². The zero-order valence-electron chi connectivity index (χ0n) is 14.8. The Morgan fingerprint density at radius 3 is 3.11 bits per heavy atom. The summed E-state index contributed by atoms with van der Waals surface area (Å²) in [5, 5.41) is 10.8. The number of aryl methyl sites for hydroxylation is 1. The van der Waals surface area contributed by atoms with E-state index >= 15 is 0 Å². The molecule has 2 heterocycles. The van der Waals surface area contributed by atoms with Crippen LogP contribution < -0.4 is 5.73 Å². The fraction of sp³-hybridized carbons (Fsp3) is 0.182. The summed E-state index contributed by atoms with van der Waals surface area (Å²) in [6, 6.07) is -0.933. The lowest BCUT2D eigenvalue weighted by Gasteiger charge is -1.97. The van der Waals surface area contributed by atoms with Crippen LogP contribution in [0, 0.1) is 17.0 Å². The minimum Gasteiger partial charge on any atom is -0.368 e. The van der Waals surface area contributed by atoms with E-state index in [4.69, 9.17) is 12.6 Å². The van der Waals surface area contributed by atoms with Gasteiger partial charge >= 0.3 is 5.82 Å². The molecule has 0 saturated carbocycles. The predicted molar refractivity (Wildman–Crippen MR) is 70.0 cm³/mol. The van der Waals surface area contributed by atoms with E-state index in [0.29, 0.717) is 0 Å². The molecule has 8 nitrogen and oxygen atoms in total. The number of rotatable bonds is 3. The molecular formula is C11H12N6O2. The quantitative estimate of drug-likeness (QED) is 0.658. The van der Waals surface area contributed by atoms with E-state index < -0.39 is 29.5 Å². The second-order valence-electron chi connectivity index (χ2n) is 3.48. The molecule has 0 aliphatic rings. The van der Waals surface area contributed by atoms with E-state index in [2.05, 4.69) is 15.0 Å². The Hall–Kier alpha value is -2.77. The van der Waals surface area contributed by atoms with Crippen molar-refractivity contribution in [3.63, 3.8) is 0 Å². The van der Waals surface area contributed by atoms with Gasteiger partial charge in [0, 0.05) is 15.9 Å². The van der Waals surface area contributed by atoms with Crippen LogP contribution in [-0.4, -0.2) is 24.4 Å². The van der Waals surface area contributed by atoms with Gasteiger partial charge in [-0.15, -0.1) is 0 Å². The lowest BCUT2D eigenvalue weighted by molar-refractivity contribution is -0.391. The summed E-state index contributed by atoms with van der Waals surface area (Å²) in [5.74, 6) is -0.611. The smallest absolute Gasteiger partial charge is 0.342 e. The minimum absolute atomic E-state index is 0.0683. The maximum atomic E-state index is 10.8. The molecule has 0 atom stereocenters. The summed E-state index contributed by atoms with van der Waals surface area (Å²) >= 11 is 0. The number of anilines is 1. The van der Waals surface area contributed by atoms with Gasteiger partial charge in [-0.3, -0.25) is 0 Å². The molecule has 2 aromatic heterocycles. The number of aromatic nitrogens is 4. The Bertz CT molecular complexity index is 844. The molecule has 2 aromatic rings. The summed E-state index contributed by atoms with van der Waals surface area (Å²) < 4.78 is 39.1. The summed E-state index contributed by atoms with van der Waals surface area (Å²) in [6.45, 7) is -2.69. The van der Waals surface area contributed by atoms with Crippen molar-refractivity contribution in [1.29, 1.82) is 0 Å². The molecule has 0 aromatic carbocycles. The molecule has 0 amide bonds. The summed E-state index contributed by atoms with van der Waals surface area (Å²) in [7, 11) is 1.38. The summed E-state index contributed by atoms with van der Waals surface area (Å²) in [4.78, 5) is 21.2. The fourth-order valence-corrected chi connectivity index (χ4v) is 1.34. The molecule has 0 aliphatic heterocycles. The summed E-state index contributed by atoms with van der Waals surface area (Å²) in [5.41, 5.74) is 4.57. The first-order valence-corrected chi connectivity index (χ1v) is 5.01. The van der Waals surface area contributed by atoms with Crippen molar-refractivity contribution < 1.29 is 11.8 Å². The van der Waals surface area contributed by atoms with Crippen molar-refractivity contribution in [2.24, 2.45) is 7.05 Å². The third kappa shape index (κ3) is 2.73. The minimum atomic E-state index is -2.69. The van der Waals surface area contributed by atoms with E-state index in [1.165, 1.54) is 7.05 Å². The van der Waals surface area contributed by atoms with Crippen molar-refractivity contribution in [3.8, 4) is 0 Å². The third-order valence-electron chi connectivity index (χ3n) is 2.21. The highest BCUT2D eigenvalue weighted by molar-refractivity contribution is 5.65. The molecule has 98 valence electrons. The monoisotopic (exact) mass is 265 g/mol. The molecule has 0 aliphatic carbocycles. The number of nitrogens with two attached hydrogens (primary N) is 1. The summed E-state index contributed by atoms with van der Waals surface area (Å²) in [6.07, 6.45) is 2.14. The molecule has 2 rings (SSSR count). The second-order valence-corrected chi connectivity index (χ2v) is 3.48. The first-order chi connectivity index (χ1) is 11.0. The highest BCUT2D eigenvalue weighted by Gasteiger charge is 2.13. The van der Waals surface area contributed by atoms with Crippen LogP contribution in [0.15, 0.2) is 12.2 Å². The molecule has 0 fully saturated rings. The first-order valence-electron chi connectivity index (χ1n) is 7.51. The predicted octanol–water partition coefficient (Wildman–Crippen LogP) is 1.18. The largest absolute Gasteiger partial charge is 0.368 e. The van der Waals surface area contributed by atoms with Gasteiger partial charge < -0.3 is 15.8 Å². The van der Waals surface area contributed by atoms with E-state index in [-0.39, 0.29) is 23.4 Å². The van der Waals surface area contributed by atoms with Crippen LogP contribution in [0.5, 0.6) is 0 Å². The molecule has 0 unspecified atom stereocenters. The van der Waals surface area contributed by atoms with E-state index in [0.717, 1.165) is 16.8 Å². The Kier molecular flexibility index (Phi) is 1.94. The zero-order valence-corrected chi connectivity index (χ0v) is 9.78. The Morgan fingerprint density at radius 1 is 1.68 bits per heavy atom. The Labute approximate surface area is 115 Å². The SMILES string of the molecule is [2H]/C(=C\c1ncc([N+](=O)[O-])n1C)c1nc(N)nc(C([2H])([2H])[2H])c1[2H]. The average molecular weight is 265 g/mol. The number of hydrogen-bond donors (Lipinski definition) is 1. The van der Waals surface area contributed by atoms with Crippen LogP contribution in [0.25, 0.3) is 12.1 Å². The van der Waals surface area contributed by atoms with Crippen molar-refractivity contribution in [1.82, 2.24) is 19.5 Å².